The Morgan fingerprint density at radius 1 is 1.00 bits per heavy atom. The van der Waals surface area contributed by atoms with E-state index in [1.54, 1.807) is 18.2 Å². The molecule has 4 rings (SSSR count). The van der Waals surface area contributed by atoms with E-state index in [0.29, 0.717) is 18.5 Å². The van der Waals surface area contributed by atoms with E-state index in [1.807, 2.05) is 0 Å². The van der Waals surface area contributed by atoms with Gasteiger partial charge in [-0.15, -0.1) is 0 Å². The fraction of sp³-hybridized carbons (Fsp3) is 0.560. The maximum Gasteiger partial charge on any atom is 0.420 e. The average Bonchev–Trinajstić information content (AvgIpc) is 3.18. The van der Waals surface area contributed by atoms with E-state index >= 15 is 0 Å². The second kappa shape index (κ2) is 9.87. The number of carboxylic acids is 1. The van der Waals surface area contributed by atoms with Crippen LogP contribution in [0.5, 0.6) is 5.75 Å². The third-order valence-electron chi connectivity index (χ3n) is 7.00. The zero-order valence-corrected chi connectivity index (χ0v) is 19.0. The standard InChI is InChI=1S/C25H27F6NO3/c26-24(27,28)18-3-5-19(6-4-18)35-21-8-2-17-11-15(1-7-20(17)23(21)25(29,30)31)13-32-10-9-16(14-32)12-22(33)34/h1-2,7-8,11,16,18-19H,3-6,9-10,12-14H2,(H,33,34)/t16-,18?,19?/m0/s1. The maximum absolute atomic E-state index is 14.0. The number of rotatable bonds is 6. The molecule has 1 saturated carbocycles. The molecule has 2 aliphatic rings. The Morgan fingerprint density at radius 3 is 2.34 bits per heavy atom. The summed E-state index contributed by atoms with van der Waals surface area (Å²) in [5.74, 6) is -2.57. The van der Waals surface area contributed by atoms with Gasteiger partial charge in [0.25, 0.3) is 0 Å². The molecule has 0 spiro atoms. The minimum atomic E-state index is -4.70. The van der Waals surface area contributed by atoms with E-state index in [2.05, 4.69) is 4.90 Å². The summed E-state index contributed by atoms with van der Waals surface area (Å²) in [6.07, 6.45) is -9.03. The van der Waals surface area contributed by atoms with Gasteiger partial charge in [0.1, 0.15) is 11.3 Å². The first-order valence-electron chi connectivity index (χ1n) is 11.7. The third-order valence-corrected chi connectivity index (χ3v) is 7.00. The lowest BCUT2D eigenvalue weighted by atomic mass is 9.87. The molecular weight excluding hydrogens is 476 g/mol. The molecule has 1 aliphatic heterocycles. The predicted octanol–water partition coefficient (Wildman–Crippen LogP) is 6.66. The molecule has 0 aromatic heterocycles. The molecule has 192 valence electrons. The van der Waals surface area contributed by atoms with Crippen molar-refractivity contribution in [1.29, 1.82) is 0 Å². The molecule has 2 aromatic carbocycles. The van der Waals surface area contributed by atoms with E-state index in [9.17, 15) is 31.1 Å². The molecule has 2 aromatic rings. The summed E-state index contributed by atoms with van der Waals surface area (Å²) in [5, 5.41) is 9.34. The van der Waals surface area contributed by atoms with Crippen molar-refractivity contribution < 1.29 is 41.0 Å². The summed E-state index contributed by atoms with van der Waals surface area (Å²) in [4.78, 5) is 13.0. The van der Waals surface area contributed by atoms with Crippen LogP contribution in [0, 0.1) is 11.8 Å². The minimum Gasteiger partial charge on any atom is -0.490 e. The third kappa shape index (κ3) is 6.20. The summed E-state index contributed by atoms with van der Waals surface area (Å²) in [7, 11) is 0. The Kier molecular flexibility index (Phi) is 7.22. The molecule has 2 fully saturated rings. The lowest BCUT2D eigenvalue weighted by Gasteiger charge is -2.31. The van der Waals surface area contributed by atoms with E-state index in [-0.39, 0.29) is 49.2 Å². The number of benzene rings is 2. The molecule has 1 heterocycles. The highest BCUT2D eigenvalue weighted by molar-refractivity contribution is 5.89. The molecule has 0 unspecified atom stereocenters. The van der Waals surface area contributed by atoms with Crippen molar-refractivity contribution in [3.63, 3.8) is 0 Å². The van der Waals surface area contributed by atoms with Gasteiger partial charge in [-0.25, -0.2) is 0 Å². The number of carboxylic acid groups (broad SMARTS) is 1. The Labute approximate surface area is 198 Å². The fourth-order valence-corrected chi connectivity index (χ4v) is 5.26. The molecule has 1 saturated heterocycles. The second-order valence-electron chi connectivity index (χ2n) is 9.61. The zero-order chi connectivity index (χ0) is 25.4. The number of nitrogens with zero attached hydrogens (tertiary/aromatic N) is 1. The number of hydrogen-bond acceptors (Lipinski definition) is 3. The summed E-state index contributed by atoms with van der Waals surface area (Å²) in [6, 6.07) is 7.52. The van der Waals surface area contributed by atoms with Gasteiger partial charge in [-0.05, 0) is 73.0 Å². The fourth-order valence-electron chi connectivity index (χ4n) is 5.26. The van der Waals surface area contributed by atoms with Crippen molar-refractivity contribution in [3.8, 4) is 5.75 Å². The zero-order valence-electron chi connectivity index (χ0n) is 19.0. The maximum atomic E-state index is 14.0. The van der Waals surface area contributed by atoms with Gasteiger partial charge in [-0.2, -0.15) is 26.3 Å². The van der Waals surface area contributed by atoms with Crippen molar-refractivity contribution in [2.75, 3.05) is 13.1 Å². The van der Waals surface area contributed by atoms with Crippen molar-refractivity contribution in [2.45, 2.75) is 63.5 Å². The van der Waals surface area contributed by atoms with Crippen LogP contribution >= 0.6 is 0 Å². The van der Waals surface area contributed by atoms with Crippen LogP contribution in [0.25, 0.3) is 10.8 Å². The summed E-state index contributed by atoms with van der Waals surface area (Å²) in [6.45, 7) is 1.86. The second-order valence-corrected chi connectivity index (χ2v) is 9.61. The highest BCUT2D eigenvalue weighted by Crippen LogP contribution is 2.44. The normalized spacial score (nSPS) is 24.1. The molecule has 0 bridgehead atoms. The van der Waals surface area contributed by atoms with Gasteiger partial charge in [0, 0.05) is 19.5 Å². The summed E-state index contributed by atoms with van der Waals surface area (Å²) < 4.78 is 86.5. The van der Waals surface area contributed by atoms with E-state index < -0.39 is 35.9 Å². The minimum absolute atomic E-state index is 0.0205. The van der Waals surface area contributed by atoms with Crippen LogP contribution in [0.1, 0.15) is 49.7 Å². The Morgan fingerprint density at radius 2 is 1.71 bits per heavy atom. The Balaban J connectivity index is 1.51. The van der Waals surface area contributed by atoms with Gasteiger partial charge in [0.15, 0.2) is 0 Å². The highest BCUT2D eigenvalue weighted by Gasteiger charge is 2.42. The van der Waals surface area contributed by atoms with Gasteiger partial charge in [-0.1, -0.05) is 18.2 Å². The van der Waals surface area contributed by atoms with Gasteiger partial charge in [0.2, 0.25) is 0 Å². The van der Waals surface area contributed by atoms with E-state index in [1.165, 1.54) is 12.1 Å². The van der Waals surface area contributed by atoms with Crippen molar-refractivity contribution >= 4 is 16.7 Å². The number of likely N-dealkylation sites (tertiary alicyclic amines) is 1. The number of hydrogen-bond donors (Lipinski definition) is 1. The van der Waals surface area contributed by atoms with Crippen molar-refractivity contribution in [2.24, 2.45) is 11.8 Å². The smallest absolute Gasteiger partial charge is 0.420 e. The average molecular weight is 503 g/mol. The van der Waals surface area contributed by atoms with Crippen LogP contribution in [-0.4, -0.2) is 41.3 Å². The molecule has 1 atom stereocenters. The first-order chi connectivity index (χ1) is 16.4. The van der Waals surface area contributed by atoms with Gasteiger partial charge < -0.3 is 9.84 Å². The number of carbonyl (C=O) groups is 1. The monoisotopic (exact) mass is 503 g/mol. The number of ether oxygens (including phenoxy) is 1. The van der Waals surface area contributed by atoms with Crippen LogP contribution < -0.4 is 4.74 Å². The van der Waals surface area contributed by atoms with Crippen LogP contribution in [0.2, 0.25) is 0 Å². The summed E-state index contributed by atoms with van der Waals surface area (Å²) in [5.41, 5.74) is -0.0945. The summed E-state index contributed by atoms with van der Waals surface area (Å²) >= 11 is 0. The molecule has 10 heteroatoms. The molecule has 1 aliphatic carbocycles. The molecule has 0 amide bonds. The van der Waals surface area contributed by atoms with Crippen LogP contribution in [-0.2, 0) is 17.5 Å². The number of fused-ring (bicyclic) bond motifs is 1. The van der Waals surface area contributed by atoms with Crippen LogP contribution in [0.15, 0.2) is 30.3 Å². The quantitative estimate of drug-likeness (QED) is 0.448. The predicted molar refractivity (Wildman–Crippen MR) is 117 cm³/mol. The molecule has 4 nitrogen and oxygen atoms in total. The molecular formula is C25H27F6NO3. The topological polar surface area (TPSA) is 49.8 Å². The Hall–Kier alpha value is -2.49. The SMILES string of the molecule is O=C(O)C[C@@H]1CCN(Cc2ccc3c(C(F)(F)F)c(OC4CCC(C(F)(F)F)CC4)ccc3c2)C1. The van der Waals surface area contributed by atoms with Gasteiger partial charge in [0.05, 0.1) is 12.0 Å². The van der Waals surface area contributed by atoms with E-state index in [4.69, 9.17) is 9.84 Å². The number of halogens is 6. The lowest BCUT2D eigenvalue weighted by Crippen LogP contribution is -2.32. The van der Waals surface area contributed by atoms with Gasteiger partial charge in [-0.3, -0.25) is 9.69 Å². The highest BCUT2D eigenvalue weighted by atomic mass is 19.4. The largest absolute Gasteiger partial charge is 0.490 e. The van der Waals surface area contributed by atoms with Crippen LogP contribution in [0.4, 0.5) is 26.3 Å². The van der Waals surface area contributed by atoms with Crippen molar-refractivity contribution in [3.05, 3.63) is 41.5 Å². The van der Waals surface area contributed by atoms with E-state index in [0.717, 1.165) is 18.5 Å². The number of aliphatic carboxylic acids is 1. The Bertz CT molecular complexity index is 1060. The van der Waals surface area contributed by atoms with Gasteiger partial charge >= 0.3 is 18.3 Å². The first-order valence-corrected chi connectivity index (χ1v) is 11.7. The molecule has 0 radical (unpaired) electrons. The lowest BCUT2D eigenvalue weighted by molar-refractivity contribution is -0.185. The first kappa shape index (κ1) is 25.6. The molecule has 35 heavy (non-hydrogen) atoms. The van der Waals surface area contributed by atoms with Crippen LogP contribution in [0.3, 0.4) is 0 Å². The molecule has 1 N–H and O–H groups in total. The van der Waals surface area contributed by atoms with Crippen molar-refractivity contribution in [1.82, 2.24) is 4.90 Å². The number of alkyl halides is 6.